The maximum Gasteiger partial charge on any atom is 0.237 e. The summed E-state index contributed by atoms with van der Waals surface area (Å²) < 4.78 is 0. The van der Waals surface area contributed by atoms with Crippen LogP contribution in [0.4, 0.5) is 5.82 Å². The third kappa shape index (κ3) is 3.85. The molecule has 0 bridgehead atoms. The molecule has 1 aromatic heterocycles. The lowest BCUT2D eigenvalue weighted by atomic mass is 10.3. The minimum Gasteiger partial charge on any atom is -0.368 e. The van der Waals surface area contributed by atoms with E-state index in [1.165, 1.54) is 0 Å². The van der Waals surface area contributed by atoms with Crippen molar-refractivity contribution >= 4 is 23.3 Å². The molecule has 1 heterocycles. The topological polar surface area (TPSA) is 72.1 Å². The van der Waals surface area contributed by atoms with Gasteiger partial charge in [0.1, 0.15) is 16.8 Å². The molecular weight excluding hydrogens is 240 g/mol. The van der Waals surface area contributed by atoms with Crippen LogP contribution in [-0.2, 0) is 11.2 Å². The van der Waals surface area contributed by atoms with Gasteiger partial charge >= 0.3 is 0 Å². The normalized spacial score (nSPS) is 10.6. The molecule has 0 aromatic carbocycles. The van der Waals surface area contributed by atoms with Crippen LogP contribution in [0, 0.1) is 0 Å². The smallest absolute Gasteiger partial charge is 0.237 e. The highest BCUT2D eigenvalue weighted by Crippen LogP contribution is 2.18. The van der Waals surface area contributed by atoms with Gasteiger partial charge in [0.2, 0.25) is 5.91 Å². The second-order valence-electron chi connectivity index (χ2n) is 4.01. The Bertz CT molecular complexity index is 408. The third-order valence-electron chi connectivity index (χ3n) is 2.29. The quantitative estimate of drug-likeness (QED) is 0.808. The number of rotatable bonds is 5. The Labute approximate surface area is 106 Å². The van der Waals surface area contributed by atoms with Crippen molar-refractivity contribution in [3.63, 3.8) is 0 Å². The van der Waals surface area contributed by atoms with Crippen LogP contribution in [0.2, 0.25) is 5.15 Å². The van der Waals surface area contributed by atoms with Crippen LogP contribution in [0.1, 0.15) is 26.6 Å². The van der Waals surface area contributed by atoms with E-state index in [0.29, 0.717) is 23.2 Å². The van der Waals surface area contributed by atoms with Gasteiger partial charge in [0.25, 0.3) is 0 Å². The number of anilines is 1. The number of amides is 1. The summed E-state index contributed by atoms with van der Waals surface area (Å²) in [7, 11) is 0. The van der Waals surface area contributed by atoms with E-state index in [4.69, 9.17) is 17.3 Å². The van der Waals surface area contributed by atoms with Crippen molar-refractivity contribution in [1.82, 2.24) is 9.97 Å². The third-order valence-corrected chi connectivity index (χ3v) is 2.48. The molecule has 1 aromatic rings. The summed E-state index contributed by atoms with van der Waals surface area (Å²) in [6.45, 7) is 5.99. The first kappa shape index (κ1) is 13.7. The van der Waals surface area contributed by atoms with Crippen LogP contribution in [-0.4, -0.2) is 28.5 Å². The maximum atomic E-state index is 11.0. The van der Waals surface area contributed by atoms with Gasteiger partial charge in [-0.25, -0.2) is 9.97 Å². The average Bonchev–Trinajstić information content (AvgIpc) is 2.24. The average molecular weight is 257 g/mol. The van der Waals surface area contributed by atoms with Crippen LogP contribution >= 0.6 is 11.6 Å². The monoisotopic (exact) mass is 256 g/mol. The molecule has 0 fully saturated rings. The van der Waals surface area contributed by atoms with Crippen molar-refractivity contribution in [3.05, 3.63) is 17.0 Å². The number of primary amides is 1. The van der Waals surface area contributed by atoms with Crippen molar-refractivity contribution in [2.75, 3.05) is 11.4 Å². The van der Waals surface area contributed by atoms with Gasteiger partial charge in [0.15, 0.2) is 0 Å². The van der Waals surface area contributed by atoms with E-state index in [9.17, 15) is 4.79 Å². The Hall–Kier alpha value is -1.36. The van der Waals surface area contributed by atoms with E-state index in [1.54, 1.807) is 11.0 Å². The Balaban J connectivity index is 3.08. The highest BCUT2D eigenvalue weighted by molar-refractivity contribution is 6.29. The first-order valence-corrected chi connectivity index (χ1v) is 5.90. The van der Waals surface area contributed by atoms with Crippen molar-refractivity contribution < 1.29 is 4.79 Å². The summed E-state index contributed by atoms with van der Waals surface area (Å²) in [5.41, 5.74) is 5.22. The van der Waals surface area contributed by atoms with E-state index in [0.717, 1.165) is 0 Å². The molecule has 6 heteroatoms. The van der Waals surface area contributed by atoms with Crippen molar-refractivity contribution in [2.45, 2.75) is 33.2 Å². The zero-order chi connectivity index (χ0) is 13.0. The van der Waals surface area contributed by atoms with Gasteiger partial charge in [-0.15, -0.1) is 0 Å². The fraction of sp³-hybridized carbons (Fsp3) is 0.545. The minimum absolute atomic E-state index is 0.109. The molecule has 0 aliphatic heterocycles. The number of hydrogen-bond acceptors (Lipinski definition) is 4. The van der Waals surface area contributed by atoms with Crippen molar-refractivity contribution in [3.8, 4) is 0 Å². The number of hydrogen-bond donors (Lipinski definition) is 1. The first-order chi connectivity index (χ1) is 7.93. The molecule has 0 aliphatic rings. The van der Waals surface area contributed by atoms with Crippen LogP contribution < -0.4 is 10.6 Å². The van der Waals surface area contributed by atoms with Crippen LogP contribution in [0.25, 0.3) is 0 Å². The Morgan fingerprint density at radius 2 is 2.18 bits per heavy atom. The van der Waals surface area contributed by atoms with E-state index in [2.05, 4.69) is 9.97 Å². The zero-order valence-corrected chi connectivity index (χ0v) is 11.0. The molecule has 17 heavy (non-hydrogen) atoms. The number of nitrogens with zero attached hydrogens (tertiary/aromatic N) is 3. The lowest BCUT2D eigenvalue weighted by Crippen LogP contribution is -2.39. The van der Waals surface area contributed by atoms with E-state index >= 15 is 0 Å². The highest BCUT2D eigenvalue weighted by Gasteiger charge is 2.16. The summed E-state index contributed by atoms with van der Waals surface area (Å²) in [5.74, 6) is 0.893. The van der Waals surface area contributed by atoms with Gasteiger partial charge in [-0.2, -0.15) is 0 Å². The van der Waals surface area contributed by atoms with Crippen LogP contribution in [0.5, 0.6) is 0 Å². The minimum atomic E-state index is -0.397. The molecule has 2 N–H and O–H groups in total. The summed E-state index contributed by atoms with van der Waals surface area (Å²) in [6.07, 6.45) is 0.691. The Morgan fingerprint density at radius 1 is 1.53 bits per heavy atom. The number of aryl methyl sites for hydroxylation is 1. The molecular formula is C11H17ClN4O. The molecule has 0 saturated heterocycles. The Morgan fingerprint density at radius 3 is 2.65 bits per heavy atom. The lowest BCUT2D eigenvalue weighted by Gasteiger charge is -2.26. The van der Waals surface area contributed by atoms with Crippen molar-refractivity contribution in [1.29, 1.82) is 0 Å². The van der Waals surface area contributed by atoms with Crippen LogP contribution in [0.15, 0.2) is 6.07 Å². The second-order valence-corrected chi connectivity index (χ2v) is 4.39. The largest absolute Gasteiger partial charge is 0.368 e. The molecule has 0 spiro atoms. The fourth-order valence-electron chi connectivity index (χ4n) is 1.45. The van der Waals surface area contributed by atoms with E-state index in [1.807, 2.05) is 20.8 Å². The fourth-order valence-corrected chi connectivity index (χ4v) is 1.65. The predicted molar refractivity (Wildman–Crippen MR) is 68.1 cm³/mol. The second kappa shape index (κ2) is 5.82. The molecule has 0 atom stereocenters. The summed E-state index contributed by atoms with van der Waals surface area (Å²) in [5, 5.41) is 0.377. The van der Waals surface area contributed by atoms with E-state index in [-0.39, 0.29) is 12.6 Å². The van der Waals surface area contributed by atoms with Crippen molar-refractivity contribution in [2.24, 2.45) is 5.73 Å². The predicted octanol–water partition coefficient (Wildman–Crippen LogP) is 1.39. The molecule has 5 nitrogen and oxygen atoms in total. The van der Waals surface area contributed by atoms with Gasteiger partial charge in [0.05, 0.1) is 6.54 Å². The van der Waals surface area contributed by atoms with Gasteiger partial charge in [-0.1, -0.05) is 18.5 Å². The standard InChI is InChI=1S/C11H17ClN4O/c1-4-10-14-8(12)5-11(15-10)16(7(2)3)6-9(13)17/h5,7H,4,6H2,1-3H3,(H2,13,17). The lowest BCUT2D eigenvalue weighted by molar-refractivity contribution is -0.116. The molecule has 0 saturated carbocycles. The number of carbonyl (C=O) groups is 1. The Kier molecular flexibility index (Phi) is 4.69. The van der Waals surface area contributed by atoms with Gasteiger partial charge in [-0.3, -0.25) is 4.79 Å². The van der Waals surface area contributed by atoms with Crippen LogP contribution in [0.3, 0.4) is 0 Å². The molecule has 94 valence electrons. The number of nitrogens with two attached hydrogens (primary N) is 1. The van der Waals surface area contributed by atoms with Gasteiger partial charge < -0.3 is 10.6 Å². The molecule has 1 amide bonds. The SMILES string of the molecule is CCc1nc(Cl)cc(N(CC(N)=O)C(C)C)n1. The van der Waals surface area contributed by atoms with E-state index < -0.39 is 5.91 Å². The number of aromatic nitrogens is 2. The summed E-state index contributed by atoms with van der Waals surface area (Å²) in [4.78, 5) is 21.3. The maximum absolute atomic E-state index is 11.0. The van der Waals surface area contributed by atoms with Gasteiger partial charge in [0, 0.05) is 18.5 Å². The molecule has 1 rings (SSSR count). The highest BCUT2D eigenvalue weighted by atomic mass is 35.5. The summed E-state index contributed by atoms with van der Waals surface area (Å²) >= 11 is 5.92. The van der Waals surface area contributed by atoms with Gasteiger partial charge in [-0.05, 0) is 13.8 Å². The molecule has 0 radical (unpaired) electrons. The number of carbonyl (C=O) groups excluding carboxylic acids is 1. The first-order valence-electron chi connectivity index (χ1n) is 5.52. The summed E-state index contributed by atoms with van der Waals surface area (Å²) in [6, 6.07) is 1.75. The molecule has 0 unspecified atom stereocenters. The number of halogens is 1. The molecule has 0 aliphatic carbocycles. The zero-order valence-electron chi connectivity index (χ0n) is 10.3.